The van der Waals surface area contributed by atoms with Crippen molar-refractivity contribution >= 4 is 61.2 Å². The fourth-order valence-corrected chi connectivity index (χ4v) is 10.1. The van der Waals surface area contributed by atoms with Crippen LogP contribution in [-0.4, -0.2) is 86.6 Å². The van der Waals surface area contributed by atoms with E-state index in [-0.39, 0.29) is 28.5 Å². The Morgan fingerprint density at radius 2 is 1.76 bits per heavy atom. The Labute approximate surface area is 373 Å². The normalized spacial score (nSPS) is 19.5. The average molecular weight is 897 g/mol. The molecular weight excluding hydrogens is 842 g/mol. The maximum atomic E-state index is 14.0. The van der Waals surface area contributed by atoms with Crippen LogP contribution in [0.1, 0.15) is 74.7 Å². The van der Waals surface area contributed by atoms with Gasteiger partial charge in [-0.3, -0.25) is 19.8 Å². The van der Waals surface area contributed by atoms with Crippen LogP contribution in [0.15, 0.2) is 95.7 Å². The van der Waals surface area contributed by atoms with Gasteiger partial charge in [-0.2, -0.15) is 0 Å². The number of carbonyl (C=O) groups is 1. The average Bonchev–Trinajstić information content (AvgIpc) is 3.75. The number of hydrogen-bond donors (Lipinski definition) is 3. The number of ether oxygens (including phenoxy) is 2. The largest absolute Gasteiger partial charge is 0.455 e. The second kappa shape index (κ2) is 18.7. The van der Waals surface area contributed by atoms with E-state index in [1.807, 2.05) is 18.2 Å². The van der Waals surface area contributed by atoms with Gasteiger partial charge in [0.1, 0.15) is 22.8 Å². The Hall–Kier alpha value is -5.48. The van der Waals surface area contributed by atoms with E-state index >= 15 is 0 Å². The van der Waals surface area contributed by atoms with Gasteiger partial charge in [0.05, 0.1) is 27.7 Å². The van der Waals surface area contributed by atoms with Crippen LogP contribution in [-0.2, 0) is 14.8 Å². The lowest BCUT2D eigenvalue weighted by molar-refractivity contribution is -0.384. The summed E-state index contributed by atoms with van der Waals surface area (Å²) in [6.45, 7) is 9.15. The van der Waals surface area contributed by atoms with Crippen LogP contribution < -0.4 is 19.7 Å². The van der Waals surface area contributed by atoms with Crippen molar-refractivity contribution in [2.75, 3.05) is 56.6 Å². The number of methoxy groups -OCH3 is 1. The van der Waals surface area contributed by atoms with Gasteiger partial charge in [-0.1, -0.05) is 43.2 Å². The Bertz CT molecular complexity index is 2620. The number of nitrogens with zero attached hydrogens (tertiary/aromatic N) is 4. The van der Waals surface area contributed by atoms with Crippen LogP contribution in [0.25, 0.3) is 16.6 Å². The molecule has 2 fully saturated rings. The van der Waals surface area contributed by atoms with Crippen molar-refractivity contribution in [1.82, 2.24) is 19.6 Å². The number of benzene rings is 3. The summed E-state index contributed by atoms with van der Waals surface area (Å²) in [6, 6.07) is 20.5. The molecule has 1 saturated heterocycles. The zero-order chi connectivity index (χ0) is 44.3. The molecule has 332 valence electrons. The summed E-state index contributed by atoms with van der Waals surface area (Å²) in [5.74, 6) is -0.161. The molecule has 3 aromatic carbocycles. The first-order chi connectivity index (χ1) is 30.2. The van der Waals surface area contributed by atoms with Gasteiger partial charge in [-0.15, -0.1) is 0 Å². The molecule has 1 aliphatic heterocycles. The van der Waals surface area contributed by atoms with Gasteiger partial charge in [0.25, 0.3) is 21.6 Å². The highest BCUT2D eigenvalue weighted by molar-refractivity contribution is 7.90. The van der Waals surface area contributed by atoms with E-state index in [0.717, 1.165) is 99.8 Å². The summed E-state index contributed by atoms with van der Waals surface area (Å²) in [4.78, 5) is 37.3. The van der Waals surface area contributed by atoms with Crippen LogP contribution in [0.2, 0.25) is 5.02 Å². The van der Waals surface area contributed by atoms with Crippen LogP contribution >= 0.6 is 11.6 Å². The third-order valence-electron chi connectivity index (χ3n) is 12.8. The highest BCUT2D eigenvalue weighted by Gasteiger charge is 2.31. The highest BCUT2D eigenvalue weighted by atomic mass is 35.5. The van der Waals surface area contributed by atoms with Gasteiger partial charge in [-0.05, 0) is 116 Å². The lowest BCUT2D eigenvalue weighted by Gasteiger charge is -2.39. The smallest absolute Gasteiger partial charge is 0.293 e. The monoisotopic (exact) mass is 895 g/mol. The van der Waals surface area contributed by atoms with Gasteiger partial charge in [-0.25, -0.2) is 18.1 Å². The number of carbonyl (C=O) groups excluding carboxylic acids is 1. The SMILES string of the molecule is CO[C@H]1CC[C@@H](CNc2ccc(S(=O)(=O)NC(=O)c3ccc(N4CCN(CC5=C(c6ccc(Cl)cc6)CC(C)(C)CC5)CC4)cc3Oc3cnc4[nH]ccc4c3)cc2[N+](=O)[O-])CC1. The van der Waals surface area contributed by atoms with E-state index < -0.39 is 31.4 Å². The Morgan fingerprint density at radius 1 is 1.00 bits per heavy atom. The molecule has 16 heteroatoms. The van der Waals surface area contributed by atoms with E-state index in [9.17, 15) is 23.3 Å². The van der Waals surface area contributed by atoms with Gasteiger partial charge >= 0.3 is 0 Å². The number of amides is 1. The summed E-state index contributed by atoms with van der Waals surface area (Å²) in [5.41, 5.74) is 5.58. The second-order valence-electron chi connectivity index (χ2n) is 17.7. The molecule has 8 rings (SSSR count). The molecule has 63 heavy (non-hydrogen) atoms. The van der Waals surface area contributed by atoms with Crippen LogP contribution in [0, 0.1) is 21.4 Å². The molecule has 0 spiro atoms. The predicted octanol–water partition coefficient (Wildman–Crippen LogP) is 9.44. The number of nitrogens with one attached hydrogen (secondary N) is 3. The van der Waals surface area contributed by atoms with Crippen LogP contribution in [0.3, 0.4) is 0 Å². The van der Waals surface area contributed by atoms with Crippen LogP contribution in [0.5, 0.6) is 11.5 Å². The standard InChI is InChI=1S/C47H54ClN7O7S/c1-47(2)18-16-34(41(27-47)32-6-8-35(48)9-7-32)30-53-20-22-54(23-21-53)36-10-14-40(44(25-36)62-38-24-33-17-19-49-45(33)51-29-38)46(56)52-63(59,60)39-13-15-42(43(26-39)55(57)58)50-28-31-4-11-37(61-3)12-5-31/h6-10,13-15,17,19,24-26,29,31,37,50H,4-5,11-12,16,18,20-23,27-28,30H2,1-3H3,(H,49,51)(H,52,56)/t31-,37+. The molecule has 3 heterocycles. The Kier molecular flexibility index (Phi) is 13.1. The van der Waals surface area contributed by atoms with Crippen molar-refractivity contribution in [3.63, 3.8) is 0 Å². The number of allylic oxidation sites excluding steroid dienone is 1. The van der Waals surface area contributed by atoms with E-state index in [4.69, 9.17) is 21.1 Å². The minimum atomic E-state index is -4.56. The van der Waals surface area contributed by atoms with Crippen molar-refractivity contribution in [2.45, 2.75) is 69.8 Å². The summed E-state index contributed by atoms with van der Waals surface area (Å²) in [7, 11) is -2.85. The minimum absolute atomic E-state index is 0.0343. The molecule has 0 atom stereocenters. The third-order valence-corrected chi connectivity index (χ3v) is 14.3. The number of pyridine rings is 1. The number of H-pyrrole nitrogens is 1. The Morgan fingerprint density at radius 3 is 2.49 bits per heavy atom. The fraction of sp³-hybridized carbons (Fsp3) is 0.404. The number of aromatic nitrogens is 2. The number of sulfonamides is 1. The summed E-state index contributed by atoms with van der Waals surface area (Å²) < 4.78 is 41.4. The topological polar surface area (TPSA) is 172 Å². The number of piperazine rings is 1. The van der Waals surface area contributed by atoms with E-state index in [0.29, 0.717) is 23.9 Å². The molecule has 1 amide bonds. The summed E-state index contributed by atoms with van der Waals surface area (Å²) >= 11 is 6.24. The molecule has 0 radical (unpaired) electrons. The maximum absolute atomic E-state index is 14.0. The minimum Gasteiger partial charge on any atom is -0.455 e. The van der Waals surface area contributed by atoms with E-state index in [2.05, 4.69) is 55.8 Å². The molecule has 5 aromatic rings. The number of aromatic amines is 1. The van der Waals surface area contributed by atoms with E-state index in [1.165, 1.54) is 35.0 Å². The number of nitro groups is 1. The molecule has 0 bridgehead atoms. The first-order valence-electron chi connectivity index (χ1n) is 21.5. The van der Waals surface area contributed by atoms with Gasteiger partial charge < -0.3 is 24.7 Å². The van der Waals surface area contributed by atoms with Crippen molar-refractivity contribution in [3.05, 3.63) is 117 Å². The van der Waals surface area contributed by atoms with E-state index in [1.54, 1.807) is 37.6 Å². The Balaban J connectivity index is 0.991. The van der Waals surface area contributed by atoms with Gasteiger partial charge in [0, 0.05) is 80.8 Å². The van der Waals surface area contributed by atoms with Gasteiger partial charge in [0.2, 0.25) is 0 Å². The van der Waals surface area contributed by atoms with Gasteiger partial charge in [0.15, 0.2) is 0 Å². The quantitative estimate of drug-likeness (QED) is 0.0716. The maximum Gasteiger partial charge on any atom is 0.293 e. The molecule has 2 aliphatic carbocycles. The molecule has 1 saturated carbocycles. The highest BCUT2D eigenvalue weighted by Crippen LogP contribution is 2.43. The van der Waals surface area contributed by atoms with Crippen molar-refractivity contribution in [1.29, 1.82) is 0 Å². The molecule has 0 unspecified atom stereocenters. The number of fused-ring (bicyclic) bond motifs is 1. The molecular formula is C47H54ClN7O7S. The summed E-state index contributed by atoms with van der Waals surface area (Å²) in [5, 5.41) is 16.8. The summed E-state index contributed by atoms with van der Waals surface area (Å²) in [6.07, 6.45) is 10.4. The first-order valence-corrected chi connectivity index (χ1v) is 23.4. The lowest BCUT2D eigenvalue weighted by atomic mass is 9.72. The van der Waals surface area contributed by atoms with Crippen molar-refractivity contribution in [2.24, 2.45) is 11.3 Å². The van der Waals surface area contributed by atoms with Crippen molar-refractivity contribution in [3.8, 4) is 11.5 Å². The third kappa shape index (κ3) is 10.5. The first kappa shape index (κ1) is 44.1. The number of anilines is 2. The zero-order valence-electron chi connectivity index (χ0n) is 35.9. The molecule has 2 aromatic heterocycles. The molecule has 14 nitrogen and oxygen atoms in total. The number of halogens is 1. The lowest BCUT2D eigenvalue weighted by Crippen LogP contribution is -2.47. The number of hydrogen-bond acceptors (Lipinski definition) is 11. The molecule has 3 aliphatic rings. The number of rotatable bonds is 14. The fourth-order valence-electron chi connectivity index (χ4n) is 9.02. The number of nitro benzene ring substituents is 1. The van der Waals surface area contributed by atoms with Crippen LogP contribution in [0.4, 0.5) is 17.1 Å². The van der Waals surface area contributed by atoms with Crippen molar-refractivity contribution < 1.29 is 27.6 Å². The second-order valence-corrected chi connectivity index (χ2v) is 19.8. The molecule has 3 N–H and O–H groups in total. The zero-order valence-corrected chi connectivity index (χ0v) is 37.4. The predicted molar refractivity (Wildman–Crippen MR) is 246 cm³/mol.